The summed E-state index contributed by atoms with van der Waals surface area (Å²) in [5.74, 6) is 0. The van der Waals surface area contributed by atoms with Gasteiger partial charge in [0, 0.05) is 10.9 Å². The average Bonchev–Trinajstić information content (AvgIpc) is 2.46. The number of hydrogen-bond donors (Lipinski definition) is 0. The summed E-state index contributed by atoms with van der Waals surface area (Å²) in [6.45, 7) is 0. The monoisotopic (exact) mass is 265 g/mol. The van der Waals surface area contributed by atoms with Crippen LogP contribution in [0.5, 0.6) is 0 Å². The van der Waals surface area contributed by atoms with Gasteiger partial charge in [0.25, 0.3) is 0 Å². The van der Waals surface area contributed by atoms with Gasteiger partial charge < -0.3 is 0 Å². The molecule has 0 unspecified atom stereocenters. The highest BCUT2D eigenvalue weighted by Gasteiger charge is 2.08. The van der Waals surface area contributed by atoms with Gasteiger partial charge in [-0.2, -0.15) is 5.26 Å². The molecule has 0 aliphatic carbocycles. The Balaban J connectivity index is 2.26. The van der Waals surface area contributed by atoms with Gasteiger partial charge in [-0.15, -0.1) is 0 Å². The zero-order valence-electron chi connectivity index (χ0n) is 9.84. The second-order valence-corrected chi connectivity index (χ2v) is 4.39. The molecule has 0 atom stereocenters. The van der Waals surface area contributed by atoms with Crippen molar-refractivity contribution in [3.63, 3.8) is 0 Å². The van der Waals surface area contributed by atoms with Crippen molar-refractivity contribution >= 4 is 22.5 Å². The first-order valence-corrected chi connectivity index (χ1v) is 6.08. The van der Waals surface area contributed by atoms with E-state index in [0.717, 1.165) is 22.2 Å². The lowest BCUT2D eigenvalue weighted by Crippen LogP contribution is -1.91. The summed E-state index contributed by atoms with van der Waals surface area (Å²) in [6, 6.07) is 17.1. The zero-order chi connectivity index (χ0) is 13.2. The fourth-order valence-corrected chi connectivity index (χ4v) is 2.15. The van der Waals surface area contributed by atoms with Crippen molar-refractivity contribution in [2.75, 3.05) is 0 Å². The Labute approximate surface area is 115 Å². The van der Waals surface area contributed by atoms with Crippen LogP contribution in [0.25, 0.3) is 22.2 Å². The number of rotatable bonds is 1. The predicted molar refractivity (Wildman–Crippen MR) is 74.7 cm³/mol. The van der Waals surface area contributed by atoms with E-state index in [2.05, 4.69) is 16.0 Å². The predicted octanol–water partition coefficient (Wildman–Crippen LogP) is 3.82. The van der Waals surface area contributed by atoms with Crippen LogP contribution in [0.15, 0.2) is 48.5 Å². The molecule has 0 fully saturated rings. The fraction of sp³-hybridized carbons (Fsp3) is 0. The van der Waals surface area contributed by atoms with Crippen molar-refractivity contribution in [2.24, 2.45) is 0 Å². The van der Waals surface area contributed by atoms with E-state index in [4.69, 9.17) is 16.9 Å². The molecule has 1 aromatic heterocycles. The minimum absolute atomic E-state index is 0.220. The first kappa shape index (κ1) is 11.6. The summed E-state index contributed by atoms with van der Waals surface area (Å²) < 4.78 is 0. The van der Waals surface area contributed by atoms with Gasteiger partial charge in [0.05, 0.1) is 22.8 Å². The molecule has 0 saturated heterocycles. The molecule has 1 heterocycles. The normalized spacial score (nSPS) is 10.3. The molecule has 0 N–H and O–H groups in total. The van der Waals surface area contributed by atoms with E-state index in [1.165, 1.54) is 0 Å². The molecule has 90 valence electrons. The molecule has 3 nitrogen and oxygen atoms in total. The number of nitrogens with zero attached hydrogens (tertiary/aromatic N) is 3. The minimum Gasteiger partial charge on any atom is -0.218 e. The molecular weight excluding hydrogens is 258 g/mol. The highest BCUT2D eigenvalue weighted by molar-refractivity contribution is 6.28. The zero-order valence-corrected chi connectivity index (χ0v) is 10.6. The molecule has 0 amide bonds. The molecule has 3 rings (SSSR count). The van der Waals surface area contributed by atoms with Crippen molar-refractivity contribution in [1.29, 1.82) is 5.26 Å². The maximum atomic E-state index is 8.82. The summed E-state index contributed by atoms with van der Waals surface area (Å²) in [4.78, 5) is 8.50. The number of halogens is 1. The SMILES string of the molecule is N#Cc1ccc(-c2nc(Cl)nc3ccccc23)cc1. The fourth-order valence-electron chi connectivity index (χ4n) is 1.97. The molecule has 0 aliphatic heterocycles. The first-order valence-electron chi connectivity index (χ1n) is 5.71. The maximum absolute atomic E-state index is 8.82. The third-order valence-corrected chi connectivity index (χ3v) is 3.03. The van der Waals surface area contributed by atoms with Gasteiger partial charge in [0.1, 0.15) is 0 Å². The summed E-state index contributed by atoms with van der Waals surface area (Å²) in [5.41, 5.74) is 3.12. The Kier molecular flexibility index (Phi) is 2.86. The van der Waals surface area contributed by atoms with Gasteiger partial charge in [-0.05, 0) is 29.8 Å². The molecule has 3 aromatic rings. The van der Waals surface area contributed by atoms with Crippen LogP contribution in [0.4, 0.5) is 0 Å². The topological polar surface area (TPSA) is 49.6 Å². The van der Waals surface area contributed by atoms with E-state index in [0.29, 0.717) is 5.56 Å². The van der Waals surface area contributed by atoms with Crippen LogP contribution in [-0.4, -0.2) is 9.97 Å². The number of benzene rings is 2. The van der Waals surface area contributed by atoms with Crippen LogP contribution in [0, 0.1) is 11.3 Å². The van der Waals surface area contributed by atoms with Crippen molar-refractivity contribution in [1.82, 2.24) is 9.97 Å². The molecule has 0 aliphatic rings. The van der Waals surface area contributed by atoms with Gasteiger partial charge in [-0.3, -0.25) is 0 Å². The van der Waals surface area contributed by atoms with Crippen LogP contribution in [0.3, 0.4) is 0 Å². The Bertz CT molecular complexity index is 789. The van der Waals surface area contributed by atoms with Crippen LogP contribution in [0.2, 0.25) is 5.28 Å². The summed E-state index contributed by atoms with van der Waals surface area (Å²) in [7, 11) is 0. The standard InChI is InChI=1S/C15H8ClN3/c16-15-18-13-4-2-1-3-12(13)14(19-15)11-7-5-10(9-17)6-8-11/h1-8H. The quantitative estimate of drug-likeness (QED) is 0.629. The van der Waals surface area contributed by atoms with Crippen molar-refractivity contribution in [3.05, 3.63) is 59.4 Å². The molecule has 0 radical (unpaired) electrons. The molecule has 0 bridgehead atoms. The number of hydrogen-bond acceptors (Lipinski definition) is 3. The number of para-hydroxylation sites is 1. The van der Waals surface area contributed by atoms with E-state index in [-0.39, 0.29) is 5.28 Å². The Morgan fingerprint density at radius 1 is 0.947 bits per heavy atom. The minimum atomic E-state index is 0.220. The Morgan fingerprint density at radius 3 is 2.42 bits per heavy atom. The smallest absolute Gasteiger partial charge is 0.218 e. The second-order valence-electron chi connectivity index (χ2n) is 4.05. The summed E-state index contributed by atoms with van der Waals surface area (Å²) in [6.07, 6.45) is 0. The molecule has 0 saturated carbocycles. The van der Waals surface area contributed by atoms with E-state index >= 15 is 0 Å². The highest BCUT2D eigenvalue weighted by Crippen LogP contribution is 2.27. The summed E-state index contributed by atoms with van der Waals surface area (Å²) in [5, 5.41) is 9.98. The number of fused-ring (bicyclic) bond motifs is 1. The molecular formula is C15H8ClN3. The van der Waals surface area contributed by atoms with E-state index in [9.17, 15) is 0 Å². The highest BCUT2D eigenvalue weighted by atomic mass is 35.5. The van der Waals surface area contributed by atoms with Crippen molar-refractivity contribution < 1.29 is 0 Å². The van der Waals surface area contributed by atoms with E-state index in [1.54, 1.807) is 12.1 Å². The Hall–Kier alpha value is -2.44. The Morgan fingerprint density at radius 2 is 1.68 bits per heavy atom. The van der Waals surface area contributed by atoms with Crippen LogP contribution in [-0.2, 0) is 0 Å². The van der Waals surface area contributed by atoms with Crippen molar-refractivity contribution in [2.45, 2.75) is 0 Å². The van der Waals surface area contributed by atoms with Crippen LogP contribution < -0.4 is 0 Å². The lowest BCUT2D eigenvalue weighted by atomic mass is 10.1. The van der Waals surface area contributed by atoms with Gasteiger partial charge >= 0.3 is 0 Å². The molecule has 0 spiro atoms. The third-order valence-electron chi connectivity index (χ3n) is 2.86. The first-order chi connectivity index (χ1) is 9.28. The van der Waals surface area contributed by atoms with Gasteiger partial charge in [-0.1, -0.05) is 30.3 Å². The molecule has 4 heteroatoms. The summed E-state index contributed by atoms with van der Waals surface area (Å²) >= 11 is 5.96. The van der Waals surface area contributed by atoms with E-state index in [1.807, 2.05) is 36.4 Å². The van der Waals surface area contributed by atoms with Gasteiger partial charge in [0.15, 0.2) is 0 Å². The average molecular weight is 266 g/mol. The maximum Gasteiger partial charge on any atom is 0.223 e. The van der Waals surface area contributed by atoms with Crippen LogP contribution in [0.1, 0.15) is 5.56 Å². The van der Waals surface area contributed by atoms with Crippen molar-refractivity contribution in [3.8, 4) is 17.3 Å². The molecule has 2 aromatic carbocycles. The number of aromatic nitrogens is 2. The second kappa shape index (κ2) is 4.68. The lowest BCUT2D eigenvalue weighted by Gasteiger charge is -2.06. The van der Waals surface area contributed by atoms with Gasteiger partial charge in [0.2, 0.25) is 5.28 Å². The third kappa shape index (κ3) is 2.14. The molecule has 19 heavy (non-hydrogen) atoms. The van der Waals surface area contributed by atoms with E-state index < -0.39 is 0 Å². The van der Waals surface area contributed by atoms with Crippen LogP contribution >= 0.6 is 11.6 Å². The van der Waals surface area contributed by atoms with Gasteiger partial charge in [-0.25, -0.2) is 9.97 Å². The number of nitriles is 1. The largest absolute Gasteiger partial charge is 0.223 e. The lowest BCUT2D eigenvalue weighted by molar-refractivity contribution is 1.22.